The molecule has 0 fully saturated rings. The number of rotatable bonds is 5. The molecule has 0 unspecified atom stereocenters. The van der Waals surface area contributed by atoms with Gasteiger partial charge in [0.2, 0.25) is 0 Å². The standard InChI is InChI=1S/C11H18N4O2/c1-7(2)9(6-16)13-10-5-4-8(14-15-10)11(17)12-3/h4-5,7,9,16H,6H2,1-3H3,(H,12,17)(H,13,15)/t9-/m1/s1. The van der Waals surface area contributed by atoms with E-state index in [0.717, 1.165) is 0 Å². The summed E-state index contributed by atoms with van der Waals surface area (Å²) in [6, 6.07) is 3.18. The fraction of sp³-hybridized carbons (Fsp3) is 0.545. The minimum atomic E-state index is -0.272. The summed E-state index contributed by atoms with van der Waals surface area (Å²) in [5.74, 6) is 0.553. The lowest BCUT2D eigenvalue weighted by Crippen LogP contribution is -2.30. The smallest absolute Gasteiger partial charge is 0.271 e. The summed E-state index contributed by atoms with van der Waals surface area (Å²) in [4.78, 5) is 11.2. The molecule has 1 rings (SSSR count). The van der Waals surface area contributed by atoms with Crippen LogP contribution in [0, 0.1) is 5.92 Å². The average Bonchev–Trinajstić information content (AvgIpc) is 2.35. The van der Waals surface area contributed by atoms with Gasteiger partial charge in [0.25, 0.3) is 5.91 Å². The van der Waals surface area contributed by atoms with Crippen LogP contribution in [0.5, 0.6) is 0 Å². The molecular weight excluding hydrogens is 220 g/mol. The van der Waals surface area contributed by atoms with Crippen molar-refractivity contribution in [2.45, 2.75) is 19.9 Å². The molecule has 1 aromatic heterocycles. The van der Waals surface area contributed by atoms with Crippen LogP contribution in [-0.2, 0) is 0 Å². The molecule has 0 saturated carbocycles. The van der Waals surface area contributed by atoms with Crippen LogP contribution in [0.2, 0.25) is 0 Å². The highest BCUT2D eigenvalue weighted by Crippen LogP contribution is 2.09. The molecule has 94 valence electrons. The first-order valence-electron chi connectivity index (χ1n) is 5.51. The lowest BCUT2D eigenvalue weighted by atomic mass is 10.1. The molecule has 0 radical (unpaired) electrons. The Balaban J connectivity index is 2.71. The monoisotopic (exact) mass is 238 g/mol. The predicted octanol–water partition coefficient (Wildman–Crippen LogP) is 0.265. The van der Waals surface area contributed by atoms with Gasteiger partial charge in [-0.15, -0.1) is 10.2 Å². The van der Waals surface area contributed by atoms with Gasteiger partial charge in [-0.2, -0.15) is 0 Å². The Morgan fingerprint density at radius 3 is 2.53 bits per heavy atom. The minimum Gasteiger partial charge on any atom is -0.394 e. The summed E-state index contributed by atoms with van der Waals surface area (Å²) in [6.45, 7) is 4.02. The van der Waals surface area contributed by atoms with Crippen LogP contribution >= 0.6 is 0 Å². The molecule has 1 aromatic rings. The van der Waals surface area contributed by atoms with Crippen LogP contribution in [0.1, 0.15) is 24.3 Å². The molecule has 1 amide bonds. The van der Waals surface area contributed by atoms with Crippen molar-refractivity contribution in [3.05, 3.63) is 17.8 Å². The number of aromatic nitrogens is 2. The summed E-state index contributed by atoms with van der Waals surface area (Å²) in [7, 11) is 1.54. The quantitative estimate of drug-likeness (QED) is 0.685. The van der Waals surface area contributed by atoms with Gasteiger partial charge in [-0.3, -0.25) is 4.79 Å². The summed E-state index contributed by atoms with van der Waals surface area (Å²) in [5.41, 5.74) is 0.267. The van der Waals surface area contributed by atoms with Crippen molar-refractivity contribution < 1.29 is 9.90 Å². The third-order valence-electron chi connectivity index (χ3n) is 2.46. The Morgan fingerprint density at radius 1 is 1.41 bits per heavy atom. The van der Waals surface area contributed by atoms with Crippen molar-refractivity contribution in [2.75, 3.05) is 19.0 Å². The second-order valence-electron chi connectivity index (χ2n) is 4.06. The van der Waals surface area contributed by atoms with E-state index in [2.05, 4.69) is 20.8 Å². The van der Waals surface area contributed by atoms with Crippen molar-refractivity contribution in [3.8, 4) is 0 Å². The van der Waals surface area contributed by atoms with Gasteiger partial charge in [0, 0.05) is 7.05 Å². The van der Waals surface area contributed by atoms with Gasteiger partial charge < -0.3 is 15.7 Å². The normalized spacial score (nSPS) is 12.3. The van der Waals surface area contributed by atoms with E-state index < -0.39 is 0 Å². The van der Waals surface area contributed by atoms with E-state index in [9.17, 15) is 4.79 Å². The number of anilines is 1. The largest absolute Gasteiger partial charge is 0.394 e. The second kappa shape index (κ2) is 6.15. The van der Waals surface area contributed by atoms with Crippen molar-refractivity contribution in [1.82, 2.24) is 15.5 Å². The Bertz CT molecular complexity index is 364. The van der Waals surface area contributed by atoms with Crippen molar-refractivity contribution in [2.24, 2.45) is 5.92 Å². The number of hydrogen-bond acceptors (Lipinski definition) is 5. The molecule has 0 bridgehead atoms. The van der Waals surface area contributed by atoms with E-state index in [1.54, 1.807) is 12.1 Å². The van der Waals surface area contributed by atoms with Gasteiger partial charge in [0.05, 0.1) is 12.6 Å². The molecular formula is C11H18N4O2. The van der Waals surface area contributed by atoms with Crippen molar-refractivity contribution in [1.29, 1.82) is 0 Å². The highest BCUT2D eigenvalue weighted by Gasteiger charge is 2.13. The van der Waals surface area contributed by atoms with E-state index in [1.807, 2.05) is 13.8 Å². The maximum Gasteiger partial charge on any atom is 0.271 e. The predicted molar refractivity (Wildman–Crippen MR) is 64.8 cm³/mol. The van der Waals surface area contributed by atoms with Gasteiger partial charge in [-0.05, 0) is 18.1 Å². The fourth-order valence-corrected chi connectivity index (χ4v) is 1.27. The number of nitrogens with one attached hydrogen (secondary N) is 2. The first kappa shape index (κ1) is 13.4. The lowest BCUT2D eigenvalue weighted by Gasteiger charge is -2.19. The Kier molecular flexibility index (Phi) is 4.84. The zero-order chi connectivity index (χ0) is 12.8. The van der Waals surface area contributed by atoms with Crippen LogP contribution in [0.4, 0.5) is 5.82 Å². The molecule has 6 nitrogen and oxygen atoms in total. The van der Waals surface area contributed by atoms with Gasteiger partial charge in [0.1, 0.15) is 5.82 Å². The summed E-state index contributed by atoms with van der Waals surface area (Å²) >= 11 is 0. The van der Waals surface area contributed by atoms with Gasteiger partial charge in [-0.25, -0.2) is 0 Å². The number of carbonyl (C=O) groups is 1. The third kappa shape index (κ3) is 3.67. The molecule has 0 saturated heterocycles. The van der Waals surface area contributed by atoms with Crippen LogP contribution < -0.4 is 10.6 Å². The number of carbonyl (C=O) groups excluding carboxylic acids is 1. The van der Waals surface area contributed by atoms with Crippen molar-refractivity contribution in [3.63, 3.8) is 0 Å². The molecule has 0 aliphatic carbocycles. The molecule has 0 spiro atoms. The maximum atomic E-state index is 11.2. The Hall–Kier alpha value is -1.69. The van der Waals surface area contributed by atoms with Gasteiger partial charge >= 0.3 is 0 Å². The van der Waals surface area contributed by atoms with Crippen LogP contribution in [0.25, 0.3) is 0 Å². The van der Waals surface area contributed by atoms with E-state index in [1.165, 1.54) is 7.05 Å². The van der Waals surface area contributed by atoms with Gasteiger partial charge in [0.15, 0.2) is 5.69 Å². The zero-order valence-electron chi connectivity index (χ0n) is 10.3. The molecule has 0 aliphatic rings. The molecule has 6 heteroatoms. The number of aliphatic hydroxyl groups excluding tert-OH is 1. The SMILES string of the molecule is CNC(=O)c1ccc(N[C@H](CO)C(C)C)nn1. The molecule has 0 aliphatic heterocycles. The first-order valence-corrected chi connectivity index (χ1v) is 5.51. The number of amides is 1. The third-order valence-corrected chi connectivity index (χ3v) is 2.46. The molecule has 1 atom stereocenters. The fourth-order valence-electron chi connectivity index (χ4n) is 1.27. The highest BCUT2D eigenvalue weighted by atomic mass is 16.3. The Morgan fingerprint density at radius 2 is 2.12 bits per heavy atom. The van der Waals surface area contributed by atoms with Crippen molar-refractivity contribution >= 4 is 11.7 Å². The topological polar surface area (TPSA) is 87.1 Å². The number of nitrogens with zero attached hydrogens (tertiary/aromatic N) is 2. The van der Waals surface area contributed by atoms with E-state index >= 15 is 0 Å². The number of hydrogen-bond donors (Lipinski definition) is 3. The zero-order valence-corrected chi connectivity index (χ0v) is 10.3. The second-order valence-corrected chi connectivity index (χ2v) is 4.06. The molecule has 1 heterocycles. The molecule has 17 heavy (non-hydrogen) atoms. The molecule has 0 aromatic carbocycles. The average molecular weight is 238 g/mol. The maximum absolute atomic E-state index is 11.2. The summed E-state index contributed by atoms with van der Waals surface area (Å²) < 4.78 is 0. The summed E-state index contributed by atoms with van der Waals surface area (Å²) in [5, 5.41) is 22.4. The lowest BCUT2D eigenvalue weighted by molar-refractivity contribution is 0.0957. The number of aliphatic hydroxyl groups is 1. The van der Waals surface area contributed by atoms with Gasteiger partial charge in [-0.1, -0.05) is 13.8 Å². The summed E-state index contributed by atoms with van der Waals surface area (Å²) in [6.07, 6.45) is 0. The van der Waals surface area contributed by atoms with E-state index in [0.29, 0.717) is 5.82 Å². The minimum absolute atomic E-state index is 0.0243. The van der Waals surface area contributed by atoms with Crippen LogP contribution in [-0.4, -0.2) is 40.9 Å². The first-order chi connectivity index (χ1) is 8.08. The van der Waals surface area contributed by atoms with E-state index in [-0.39, 0.29) is 30.2 Å². The van der Waals surface area contributed by atoms with Crippen LogP contribution in [0.3, 0.4) is 0 Å². The van der Waals surface area contributed by atoms with E-state index in [4.69, 9.17) is 5.11 Å². The highest BCUT2D eigenvalue weighted by molar-refractivity contribution is 5.91. The molecule has 3 N–H and O–H groups in total. The Labute approximate surface area is 100 Å². The van der Waals surface area contributed by atoms with Crippen LogP contribution in [0.15, 0.2) is 12.1 Å².